The van der Waals surface area contributed by atoms with Gasteiger partial charge in [0.05, 0.1) is 17.9 Å². The third kappa shape index (κ3) is 3.31. The zero-order valence-electron chi connectivity index (χ0n) is 9.29. The summed E-state index contributed by atoms with van der Waals surface area (Å²) in [6.07, 6.45) is -0.888. The Labute approximate surface area is 98.2 Å². The van der Waals surface area contributed by atoms with Gasteiger partial charge in [-0.15, -0.1) is 11.8 Å². The number of carbonyl (C=O) groups is 1. The van der Waals surface area contributed by atoms with E-state index in [1.807, 2.05) is 0 Å². The van der Waals surface area contributed by atoms with Crippen molar-refractivity contribution in [2.75, 3.05) is 25.4 Å². The summed E-state index contributed by atoms with van der Waals surface area (Å²) in [5.74, 6) is 0.619. The van der Waals surface area contributed by atoms with Crippen molar-refractivity contribution in [2.24, 2.45) is 0 Å². The zero-order chi connectivity index (χ0) is 12.2. The number of hydrogen-bond acceptors (Lipinski definition) is 3. The van der Waals surface area contributed by atoms with Crippen molar-refractivity contribution in [1.82, 2.24) is 4.90 Å². The standard InChI is InChI=1S/C10H17F2NO2S/c1-10(3-2-6-16-10)9(15)13(4-5-14)7-8(11)12/h8,14H,2-7H2,1H3. The highest BCUT2D eigenvalue weighted by Gasteiger charge is 2.40. The van der Waals surface area contributed by atoms with E-state index in [-0.39, 0.29) is 19.1 Å². The van der Waals surface area contributed by atoms with Crippen LogP contribution in [0.5, 0.6) is 0 Å². The first-order chi connectivity index (χ1) is 7.49. The van der Waals surface area contributed by atoms with E-state index in [0.29, 0.717) is 0 Å². The number of carbonyl (C=O) groups excluding carboxylic acids is 1. The van der Waals surface area contributed by atoms with Crippen molar-refractivity contribution >= 4 is 17.7 Å². The number of alkyl halides is 2. The summed E-state index contributed by atoms with van der Waals surface area (Å²) >= 11 is 1.52. The molecule has 16 heavy (non-hydrogen) atoms. The molecule has 1 N–H and O–H groups in total. The van der Waals surface area contributed by atoms with Gasteiger partial charge in [-0.2, -0.15) is 0 Å². The average molecular weight is 253 g/mol. The van der Waals surface area contributed by atoms with Crippen LogP contribution >= 0.6 is 11.8 Å². The third-order valence-corrected chi connectivity index (χ3v) is 4.20. The molecule has 6 heteroatoms. The molecule has 0 aromatic carbocycles. The van der Waals surface area contributed by atoms with Gasteiger partial charge in [0.1, 0.15) is 0 Å². The highest BCUT2D eigenvalue weighted by atomic mass is 32.2. The minimum Gasteiger partial charge on any atom is -0.395 e. The van der Waals surface area contributed by atoms with E-state index in [4.69, 9.17) is 5.11 Å². The van der Waals surface area contributed by atoms with Crippen molar-refractivity contribution in [3.8, 4) is 0 Å². The van der Waals surface area contributed by atoms with E-state index in [2.05, 4.69) is 0 Å². The van der Waals surface area contributed by atoms with Gasteiger partial charge in [0, 0.05) is 6.54 Å². The maximum absolute atomic E-state index is 12.3. The largest absolute Gasteiger partial charge is 0.395 e. The van der Waals surface area contributed by atoms with Gasteiger partial charge in [0.2, 0.25) is 5.91 Å². The van der Waals surface area contributed by atoms with Crippen molar-refractivity contribution in [3.05, 3.63) is 0 Å². The molecule has 1 heterocycles. The predicted octanol–water partition coefficient (Wildman–Crippen LogP) is 1.36. The van der Waals surface area contributed by atoms with Gasteiger partial charge in [0.25, 0.3) is 6.43 Å². The molecule has 1 rings (SSSR count). The van der Waals surface area contributed by atoms with Crippen molar-refractivity contribution in [3.63, 3.8) is 0 Å². The fourth-order valence-electron chi connectivity index (χ4n) is 1.85. The van der Waals surface area contributed by atoms with E-state index >= 15 is 0 Å². The summed E-state index contributed by atoms with van der Waals surface area (Å²) in [6.45, 7) is 0.914. The number of aliphatic hydroxyl groups is 1. The summed E-state index contributed by atoms with van der Waals surface area (Å²) in [7, 11) is 0. The molecule has 3 nitrogen and oxygen atoms in total. The Morgan fingerprint density at radius 3 is 2.75 bits per heavy atom. The van der Waals surface area contributed by atoms with E-state index in [0.717, 1.165) is 23.5 Å². The van der Waals surface area contributed by atoms with Crippen LogP contribution in [-0.2, 0) is 4.79 Å². The molecule has 0 bridgehead atoms. The van der Waals surface area contributed by atoms with Gasteiger partial charge in [-0.25, -0.2) is 8.78 Å². The van der Waals surface area contributed by atoms with Crippen LogP contribution in [0.1, 0.15) is 19.8 Å². The minimum absolute atomic E-state index is 0.0146. The molecule has 1 amide bonds. The fraction of sp³-hybridized carbons (Fsp3) is 0.900. The van der Waals surface area contributed by atoms with Gasteiger partial charge in [0.15, 0.2) is 0 Å². The number of aliphatic hydroxyl groups excluding tert-OH is 1. The average Bonchev–Trinajstić information content (AvgIpc) is 2.64. The van der Waals surface area contributed by atoms with Crippen LogP contribution in [0.4, 0.5) is 8.78 Å². The maximum Gasteiger partial charge on any atom is 0.255 e. The maximum atomic E-state index is 12.3. The Morgan fingerprint density at radius 2 is 2.31 bits per heavy atom. The van der Waals surface area contributed by atoms with E-state index in [1.54, 1.807) is 6.92 Å². The second-order valence-electron chi connectivity index (χ2n) is 4.05. The molecule has 1 atom stereocenters. The molecule has 1 fully saturated rings. The summed E-state index contributed by atoms with van der Waals surface area (Å²) in [4.78, 5) is 13.1. The molecule has 0 aliphatic carbocycles. The SMILES string of the molecule is CC1(C(=O)N(CCO)CC(F)F)CCCS1. The molecule has 94 valence electrons. The van der Waals surface area contributed by atoms with Crippen molar-refractivity contribution < 1.29 is 18.7 Å². The van der Waals surface area contributed by atoms with Crippen LogP contribution in [0.25, 0.3) is 0 Å². The van der Waals surface area contributed by atoms with E-state index in [1.165, 1.54) is 11.8 Å². The molecule has 1 aliphatic rings. The van der Waals surface area contributed by atoms with E-state index < -0.39 is 17.7 Å². The lowest BCUT2D eigenvalue weighted by Crippen LogP contribution is -2.46. The molecule has 0 aromatic heterocycles. The monoisotopic (exact) mass is 253 g/mol. The summed E-state index contributed by atoms with van der Waals surface area (Å²) < 4.78 is 24.0. The third-order valence-electron chi connectivity index (χ3n) is 2.69. The Balaban J connectivity index is 2.65. The zero-order valence-corrected chi connectivity index (χ0v) is 10.1. The van der Waals surface area contributed by atoms with Crippen LogP contribution in [-0.4, -0.2) is 52.5 Å². The second kappa shape index (κ2) is 5.82. The van der Waals surface area contributed by atoms with Gasteiger partial charge < -0.3 is 10.0 Å². The lowest BCUT2D eigenvalue weighted by molar-refractivity contribution is -0.135. The van der Waals surface area contributed by atoms with Crippen LogP contribution in [0.3, 0.4) is 0 Å². The number of hydrogen-bond donors (Lipinski definition) is 1. The van der Waals surface area contributed by atoms with Crippen LogP contribution in [0, 0.1) is 0 Å². The van der Waals surface area contributed by atoms with Gasteiger partial charge in [-0.1, -0.05) is 0 Å². The Hall–Kier alpha value is -0.360. The number of thioether (sulfide) groups is 1. The van der Waals surface area contributed by atoms with Crippen LogP contribution in [0.15, 0.2) is 0 Å². The number of halogens is 2. The van der Waals surface area contributed by atoms with Gasteiger partial charge >= 0.3 is 0 Å². The molecular weight excluding hydrogens is 236 g/mol. The van der Waals surface area contributed by atoms with Crippen LogP contribution < -0.4 is 0 Å². The Kier molecular flexibility index (Phi) is 4.98. The first kappa shape index (κ1) is 13.7. The molecule has 1 saturated heterocycles. The normalized spacial score (nSPS) is 25.1. The number of nitrogens with zero attached hydrogens (tertiary/aromatic N) is 1. The topological polar surface area (TPSA) is 40.5 Å². The van der Waals surface area contributed by atoms with Crippen molar-refractivity contribution in [2.45, 2.75) is 30.9 Å². The molecule has 0 spiro atoms. The second-order valence-corrected chi connectivity index (χ2v) is 5.65. The molecule has 0 radical (unpaired) electrons. The van der Waals surface area contributed by atoms with Crippen LogP contribution in [0.2, 0.25) is 0 Å². The highest BCUT2D eigenvalue weighted by Crippen LogP contribution is 2.39. The van der Waals surface area contributed by atoms with Gasteiger partial charge in [-0.3, -0.25) is 4.79 Å². The Bertz CT molecular complexity index is 245. The Morgan fingerprint density at radius 1 is 1.62 bits per heavy atom. The minimum atomic E-state index is -2.55. The first-order valence-corrected chi connectivity index (χ1v) is 6.30. The predicted molar refractivity (Wildman–Crippen MR) is 59.8 cm³/mol. The molecule has 1 aliphatic heterocycles. The van der Waals surface area contributed by atoms with Crippen molar-refractivity contribution in [1.29, 1.82) is 0 Å². The highest BCUT2D eigenvalue weighted by molar-refractivity contribution is 8.01. The molecule has 1 unspecified atom stereocenters. The quantitative estimate of drug-likeness (QED) is 0.804. The number of rotatable bonds is 5. The molecular formula is C10H17F2NO2S. The number of amides is 1. The lowest BCUT2D eigenvalue weighted by Gasteiger charge is -2.30. The molecule has 0 aromatic rings. The lowest BCUT2D eigenvalue weighted by atomic mass is 10.0. The first-order valence-electron chi connectivity index (χ1n) is 5.32. The smallest absolute Gasteiger partial charge is 0.255 e. The summed E-state index contributed by atoms with van der Waals surface area (Å²) in [5.41, 5.74) is 0. The fourth-order valence-corrected chi connectivity index (χ4v) is 3.13. The summed E-state index contributed by atoms with van der Waals surface area (Å²) in [6, 6.07) is 0. The summed E-state index contributed by atoms with van der Waals surface area (Å²) in [5, 5.41) is 8.78. The van der Waals surface area contributed by atoms with E-state index in [9.17, 15) is 13.6 Å². The van der Waals surface area contributed by atoms with Gasteiger partial charge in [-0.05, 0) is 25.5 Å². The molecule has 0 saturated carbocycles.